The number of hydrogen-bond donors (Lipinski definition) is 4. The van der Waals surface area contributed by atoms with E-state index in [1.54, 1.807) is 51.2 Å². The van der Waals surface area contributed by atoms with E-state index in [2.05, 4.69) is 50.8 Å². The van der Waals surface area contributed by atoms with Gasteiger partial charge in [-0.15, -0.1) is 0 Å². The normalized spacial score (nSPS) is 16.4. The van der Waals surface area contributed by atoms with Gasteiger partial charge < -0.3 is 25.8 Å². The third-order valence-corrected chi connectivity index (χ3v) is 5.81. The maximum Gasteiger partial charge on any atom is 0.411 e. The number of aromatic nitrogens is 2. The van der Waals surface area contributed by atoms with Crippen LogP contribution in [0.15, 0.2) is 30.5 Å². The summed E-state index contributed by atoms with van der Waals surface area (Å²) in [5.41, 5.74) is 1.31. The minimum atomic E-state index is -0.767. The Morgan fingerprint density at radius 2 is 1.98 bits per heavy atom. The predicted octanol–water partition coefficient (Wildman–Crippen LogP) is 3.53. The number of likely N-dealkylation sites (tertiary alicyclic amines) is 1. The number of rotatable bonds is 9. The summed E-state index contributed by atoms with van der Waals surface area (Å²) in [5.74, 6) is 6.92. The first-order valence-electron chi connectivity index (χ1n) is 13.4. The van der Waals surface area contributed by atoms with Crippen LogP contribution in [-0.2, 0) is 9.53 Å². The Bertz CT molecular complexity index is 1270. The number of nitriles is 1. The molecule has 1 saturated heterocycles. The van der Waals surface area contributed by atoms with E-state index in [-0.39, 0.29) is 18.9 Å². The fourth-order valence-electron chi connectivity index (χ4n) is 3.92. The lowest BCUT2D eigenvalue weighted by Gasteiger charge is -2.27. The monoisotopic (exact) mass is 547 g/mol. The molecule has 11 nitrogen and oxygen atoms in total. The second-order valence-electron chi connectivity index (χ2n) is 10.4. The van der Waals surface area contributed by atoms with Gasteiger partial charge in [-0.1, -0.05) is 18.8 Å². The SMILES string of the molecule is CCCNc1nc(Nc2ccc(C#N)cc2)ncc1C#CCCCNC(=O)[C@@H]1C[C@H](O)CN1C(=O)OC(C)(C)C. The summed E-state index contributed by atoms with van der Waals surface area (Å²) in [6, 6.07) is 8.34. The Morgan fingerprint density at radius 1 is 1.23 bits per heavy atom. The van der Waals surface area contributed by atoms with Crippen LogP contribution in [0.2, 0.25) is 0 Å². The lowest BCUT2D eigenvalue weighted by molar-refractivity contribution is -0.125. The Balaban J connectivity index is 1.53. The van der Waals surface area contributed by atoms with Crippen LogP contribution in [0, 0.1) is 23.2 Å². The summed E-state index contributed by atoms with van der Waals surface area (Å²) >= 11 is 0. The van der Waals surface area contributed by atoms with E-state index >= 15 is 0 Å². The largest absolute Gasteiger partial charge is 0.444 e. The molecule has 0 radical (unpaired) electrons. The van der Waals surface area contributed by atoms with Crippen molar-refractivity contribution in [1.29, 1.82) is 5.26 Å². The van der Waals surface area contributed by atoms with Gasteiger partial charge in [-0.2, -0.15) is 10.2 Å². The average Bonchev–Trinajstić information content (AvgIpc) is 3.31. The van der Waals surface area contributed by atoms with Crippen molar-refractivity contribution in [3.63, 3.8) is 0 Å². The van der Waals surface area contributed by atoms with Crippen molar-refractivity contribution in [2.24, 2.45) is 0 Å². The highest BCUT2D eigenvalue weighted by molar-refractivity contribution is 5.86. The van der Waals surface area contributed by atoms with Crippen molar-refractivity contribution in [3.8, 4) is 17.9 Å². The second kappa shape index (κ2) is 14.2. The molecule has 0 aliphatic carbocycles. The molecule has 1 aromatic carbocycles. The van der Waals surface area contributed by atoms with Crippen LogP contribution in [0.1, 0.15) is 64.5 Å². The van der Waals surface area contributed by atoms with Gasteiger partial charge in [0.05, 0.1) is 36.0 Å². The van der Waals surface area contributed by atoms with Crippen LogP contribution < -0.4 is 16.0 Å². The molecule has 40 heavy (non-hydrogen) atoms. The standard InChI is InChI=1S/C29H37N7O4/c1-5-14-31-25-21(18-33-27(35-25)34-22-12-10-20(17-30)11-13-22)9-7-6-8-15-32-26(38)24-16-23(37)19-36(24)28(39)40-29(2,3)4/h10-13,18,23-24,37H,5-6,8,14-16,19H2,1-4H3,(H,32,38)(H2,31,33,34,35)/t23-,24-/m0/s1. The van der Waals surface area contributed by atoms with Crippen LogP contribution in [0.4, 0.5) is 22.2 Å². The Morgan fingerprint density at radius 3 is 2.65 bits per heavy atom. The first kappa shape index (κ1) is 30.2. The number of aliphatic hydroxyl groups excluding tert-OH is 1. The Labute approximate surface area is 235 Å². The number of nitrogens with zero attached hydrogens (tertiary/aromatic N) is 4. The van der Waals surface area contributed by atoms with E-state index in [1.165, 1.54) is 4.90 Å². The van der Waals surface area contributed by atoms with E-state index in [4.69, 9.17) is 10.00 Å². The minimum absolute atomic E-state index is 0.0662. The van der Waals surface area contributed by atoms with Crippen LogP contribution in [0.25, 0.3) is 0 Å². The summed E-state index contributed by atoms with van der Waals surface area (Å²) < 4.78 is 5.38. The second-order valence-corrected chi connectivity index (χ2v) is 10.4. The van der Waals surface area contributed by atoms with Gasteiger partial charge in [0.15, 0.2) is 0 Å². The van der Waals surface area contributed by atoms with Gasteiger partial charge in [0.2, 0.25) is 11.9 Å². The average molecular weight is 548 g/mol. The molecule has 2 heterocycles. The lowest BCUT2D eigenvalue weighted by Crippen LogP contribution is -2.47. The highest BCUT2D eigenvalue weighted by atomic mass is 16.6. The number of ether oxygens (including phenoxy) is 1. The van der Waals surface area contributed by atoms with Crippen molar-refractivity contribution in [1.82, 2.24) is 20.2 Å². The molecule has 2 amide bonds. The molecule has 1 aliphatic heterocycles. The fraction of sp³-hybridized carbons (Fsp3) is 0.483. The molecule has 3 rings (SSSR count). The Hall–Kier alpha value is -4.35. The summed E-state index contributed by atoms with van der Waals surface area (Å²) in [6.45, 7) is 8.50. The number of carbonyl (C=O) groups is 2. The first-order valence-corrected chi connectivity index (χ1v) is 13.4. The quantitative estimate of drug-likeness (QED) is 0.273. The molecule has 0 spiro atoms. The van der Waals surface area contributed by atoms with Crippen molar-refractivity contribution >= 4 is 29.5 Å². The molecule has 1 aliphatic rings. The van der Waals surface area contributed by atoms with E-state index in [0.29, 0.717) is 42.3 Å². The van der Waals surface area contributed by atoms with Crippen LogP contribution in [0.5, 0.6) is 0 Å². The summed E-state index contributed by atoms with van der Waals surface area (Å²) in [6.07, 6.45) is 2.51. The summed E-state index contributed by atoms with van der Waals surface area (Å²) in [4.78, 5) is 35.4. The number of benzene rings is 1. The molecular formula is C29H37N7O4. The number of hydrogen-bond acceptors (Lipinski definition) is 9. The van der Waals surface area contributed by atoms with Crippen molar-refractivity contribution in [3.05, 3.63) is 41.6 Å². The first-order chi connectivity index (χ1) is 19.1. The van der Waals surface area contributed by atoms with Crippen molar-refractivity contribution in [2.45, 2.75) is 71.1 Å². The molecule has 2 aromatic rings. The molecule has 212 valence electrons. The minimum Gasteiger partial charge on any atom is -0.444 e. The van der Waals surface area contributed by atoms with E-state index in [1.807, 2.05) is 0 Å². The molecule has 0 saturated carbocycles. The predicted molar refractivity (Wildman–Crippen MR) is 152 cm³/mol. The van der Waals surface area contributed by atoms with Crippen LogP contribution >= 0.6 is 0 Å². The van der Waals surface area contributed by atoms with E-state index in [0.717, 1.165) is 18.7 Å². The number of anilines is 3. The molecule has 0 bridgehead atoms. The third-order valence-electron chi connectivity index (χ3n) is 5.81. The van der Waals surface area contributed by atoms with Gasteiger partial charge in [-0.05, 0) is 57.9 Å². The molecule has 0 unspecified atom stereocenters. The van der Waals surface area contributed by atoms with E-state index < -0.39 is 23.8 Å². The van der Waals surface area contributed by atoms with Gasteiger partial charge in [0, 0.05) is 31.6 Å². The zero-order chi connectivity index (χ0) is 29.1. The van der Waals surface area contributed by atoms with E-state index in [9.17, 15) is 14.7 Å². The van der Waals surface area contributed by atoms with Crippen LogP contribution in [0.3, 0.4) is 0 Å². The van der Waals surface area contributed by atoms with Crippen molar-refractivity contribution in [2.75, 3.05) is 30.3 Å². The summed E-state index contributed by atoms with van der Waals surface area (Å²) in [7, 11) is 0. The maximum absolute atomic E-state index is 12.7. The van der Waals surface area contributed by atoms with Gasteiger partial charge in [0.1, 0.15) is 17.5 Å². The highest BCUT2D eigenvalue weighted by Gasteiger charge is 2.40. The van der Waals surface area contributed by atoms with Crippen molar-refractivity contribution < 1.29 is 19.4 Å². The van der Waals surface area contributed by atoms with Gasteiger partial charge >= 0.3 is 6.09 Å². The molecule has 2 atom stereocenters. The molecule has 4 N–H and O–H groups in total. The summed E-state index contributed by atoms with van der Waals surface area (Å²) in [5, 5.41) is 28.2. The van der Waals surface area contributed by atoms with Gasteiger partial charge in [0.25, 0.3) is 0 Å². The molecule has 1 fully saturated rings. The zero-order valence-electron chi connectivity index (χ0n) is 23.5. The highest BCUT2D eigenvalue weighted by Crippen LogP contribution is 2.22. The topological polar surface area (TPSA) is 152 Å². The number of amides is 2. The number of unbranched alkanes of at least 4 members (excludes halogenated alkanes) is 1. The van der Waals surface area contributed by atoms with Gasteiger partial charge in [-0.25, -0.2) is 9.78 Å². The number of nitrogens with one attached hydrogen (secondary N) is 3. The molecular weight excluding hydrogens is 510 g/mol. The number of carbonyl (C=O) groups excluding carboxylic acids is 2. The molecule has 1 aromatic heterocycles. The number of β-amino-alcohol motifs (C(OH)–C–C–N with tert-alkyl or cyclic N) is 1. The Kier molecular flexibility index (Phi) is 10.7. The fourth-order valence-corrected chi connectivity index (χ4v) is 3.92. The molecule has 11 heteroatoms. The lowest BCUT2D eigenvalue weighted by atomic mass is 10.2. The maximum atomic E-state index is 12.7. The zero-order valence-corrected chi connectivity index (χ0v) is 23.5. The number of aliphatic hydroxyl groups is 1. The third kappa shape index (κ3) is 9.14. The smallest absolute Gasteiger partial charge is 0.411 e. The van der Waals surface area contributed by atoms with Gasteiger partial charge in [-0.3, -0.25) is 9.69 Å². The van der Waals surface area contributed by atoms with Crippen LogP contribution in [-0.4, -0.2) is 69.4 Å².